The minimum absolute atomic E-state index is 0.508. The van der Waals surface area contributed by atoms with E-state index in [1.54, 1.807) is 11.8 Å². The lowest BCUT2D eigenvalue weighted by molar-refractivity contribution is -0.139. The van der Waals surface area contributed by atoms with E-state index < -0.39 is 12.0 Å². The number of hydrogen-bond donors (Lipinski definition) is 2. The summed E-state index contributed by atoms with van der Waals surface area (Å²) in [6, 6.07) is 17.2. The molecule has 0 saturated heterocycles. The first-order valence-electron chi connectivity index (χ1n) is 7.90. The summed E-state index contributed by atoms with van der Waals surface area (Å²) in [4.78, 5) is 11.3. The summed E-state index contributed by atoms with van der Waals surface area (Å²) < 4.78 is 5.80. The Morgan fingerprint density at radius 2 is 1.92 bits per heavy atom. The normalized spacial score (nSPS) is 11.9. The summed E-state index contributed by atoms with van der Waals surface area (Å²) in [6.45, 7) is 1.02. The first kappa shape index (κ1) is 18.4. The highest BCUT2D eigenvalue weighted by molar-refractivity contribution is 7.98. The zero-order valence-corrected chi connectivity index (χ0v) is 14.6. The van der Waals surface area contributed by atoms with Gasteiger partial charge in [-0.15, -0.1) is 0 Å². The molecule has 0 aliphatic carbocycles. The molecule has 2 aromatic rings. The van der Waals surface area contributed by atoms with Crippen LogP contribution in [0.25, 0.3) is 0 Å². The van der Waals surface area contributed by atoms with Crippen molar-refractivity contribution in [1.82, 2.24) is 5.32 Å². The summed E-state index contributed by atoms with van der Waals surface area (Å²) in [5.74, 6) is 0.805. The molecule has 2 rings (SSSR count). The topological polar surface area (TPSA) is 58.6 Å². The predicted octanol–water partition coefficient (Wildman–Crippen LogP) is 3.56. The molecular formula is C19H23NO3S. The SMILES string of the molecule is CSCC[C@H](NCc1cccc(OCc2ccccc2)c1)C(=O)O. The Morgan fingerprint density at radius 1 is 1.17 bits per heavy atom. The zero-order chi connectivity index (χ0) is 17.2. The Morgan fingerprint density at radius 3 is 2.62 bits per heavy atom. The lowest BCUT2D eigenvalue weighted by atomic mass is 10.1. The molecule has 0 saturated carbocycles. The molecule has 0 aromatic heterocycles. The van der Waals surface area contributed by atoms with Gasteiger partial charge in [0.2, 0.25) is 0 Å². The maximum atomic E-state index is 11.3. The van der Waals surface area contributed by atoms with Crippen LogP contribution in [0.5, 0.6) is 5.75 Å². The van der Waals surface area contributed by atoms with Gasteiger partial charge < -0.3 is 15.2 Å². The number of carbonyl (C=O) groups is 1. The number of carboxylic acid groups (broad SMARTS) is 1. The summed E-state index contributed by atoms with van der Waals surface area (Å²) in [5.41, 5.74) is 2.12. The van der Waals surface area contributed by atoms with Crippen LogP contribution < -0.4 is 10.1 Å². The summed E-state index contributed by atoms with van der Waals surface area (Å²) in [6.07, 6.45) is 2.59. The number of benzene rings is 2. The van der Waals surface area contributed by atoms with E-state index in [-0.39, 0.29) is 0 Å². The van der Waals surface area contributed by atoms with E-state index in [1.807, 2.05) is 60.9 Å². The van der Waals surface area contributed by atoms with Gasteiger partial charge in [-0.05, 0) is 41.7 Å². The third kappa shape index (κ3) is 6.26. The van der Waals surface area contributed by atoms with Crippen LogP contribution in [0.1, 0.15) is 17.5 Å². The first-order chi connectivity index (χ1) is 11.7. The van der Waals surface area contributed by atoms with Crippen LogP contribution in [0, 0.1) is 0 Å². The fourth-order valence-corrected chi connectivity index (χ4v) is 2.75. The van der Waals surface area contributed by atoms with Gasteiger partial charge in [-0.3, -0.25) is 4.79 Å². The molecule has 0 bridgehead atoms. The van der Waals surface area contributed by atoms with E-state index >= 15 is 0 Å². The van der Waals surface area contributed by atoms with Gasteiger partial charge in [0.1, 0.15) is 18.4 Å². The van der Waals surface area contributed by atoms with E-state index in [9.17, 15) is 9.90 Å². The molecule has 128 valence electrons. The molecule has 0 radical (unpaired) electrons. The van der Waals surface area contributed by atoms with E-state index in [0.717, 1.165) is 22.6 Å². The van der Waals surface area contributed by atoms with Crippen molar-refractivity contribution < 1.29 is 14.6 Å². The largest absolute Gasteiger partial charge is 0.489 e. The number of hydrogen-bond acceptors (Lipinski definition) is 4. The Balaban J connectivity index is 1.88. The predicted molar refractivity (Wildman–Crippen MR) is 98.5 cm³/mol. The molecule has 24 heavy (non-hydrogen) atoms. The van der Waals surface area contributed by atoms with Gasteiger partial charge in [0, 0.05) is 6.54 Å². The minimum Gasteiger partial charge on any atom is -0.489 e. The smallest absolute Gasteiger partial charge is 0.320 e. The summed E-state index contributed by atoms with van der Waals surface area (Å²) >= 11 is 1.65. The average Bonchev–Trinajstić information content (AvgIpc) is 2.61. The second-order valence-corrected chi connectivity index (χ2v) is 6.46. The molecule has 0 aliphatic rings. The molecule has 0 fully saturated rings. The quantitative estimate of drug-likeness (QED) is 0.689. The molecular weight excluding hydrogens is 322 g/mol. The van der Waals surface area contributed by atoms with Crippen molar-refractivity contribution in [3.05, 3.63) is 65.7 Å². The summed E-state index contributed by atoms with van der Waals surface area (Å²) in [5, 5.41) is 12.3. The number of carboxylic acids is 1. The summed E-state index contributed by atoms with van der Waals surface area (Å²) in [7, 11) is 0. The second-order valence-electron chi connectivity index (χ2n) is 5.47. The van der Waals surface area contributed by atoms with E-state index in [4.69, 9.17) is 4.74 Å². The fourth-order valence-electron chi connectivity index (χ4n) is 2.28. The number of ether oxygens (including phenoxy) is 1. The molecule has 0 heterocycles. The lowest BCUT2D eigenvalue weighted by Crippen LogP contribution is -2.36. The van der Waals surface area contributed by atoms with E-state index in [1.165, 1.54) is 0 Å². The molecule has 0 spiro atoms. The molecule has 2 aromatic carbocycles. The third-order valence-corrected chi connectivity index (χ3v) is 4.25. The van der Waals surface area contributed by atoms with Crippen molar-refractivity contribution in [3.63, 3.8) is 0 Å². The molecule has 0 amide bonds. The van der Waals surface area contributed by atoms with Gasteiger partial charge >= 0.3 is 5.97 Å². The molecule has 4 nitrogen and oxygen atoms in total. The van der Waals surface area contributed by atoms with Gasteiger partial charge in [-0.2, -0.15) is 11.8 Å². The van der Waals surface area contributed by atoms with Gasteiger partial charge in [0.15, 0.2) is 0 Å². The number of nitrogens with one attached hydrogen (secondary N) is 1. The van der Waals surface area contributed by atoms with Crippen molar-refractivity contribution in [2.45, 2.75) is 25.6 Å². The standard InChI is InChI=1S/C19H23NO3S/c1-24-11-10-18(19(21)22)20-13-16-8-5-9-17(12-16)23-14-15-6-3-2-4-7-15/h2-9,12,18,20H,10-11,13-14H2,1H3,(H,21,22)/t18-/m0/s1. The highest BCUT2D eigenvalue weighted by atomic mass is 32.2. The second kappa shape index (κ2) is 10.0. The maximum absolute atomic E-state index is 11.3. The van der Waals surface area contributed by atoms with Gasteiger partial charge in [0.05, 0.1) is 0 Å². The minimum atomic E-state index is -0.805. The van der Waals surface area contributed by atoms with Crippen molar-refractivity contribution in [2.24, 2.45) is 0 Å². The van der Waals surface area contributed by atoms with Crippen LogP contribution in [-0.2, 0) is 17.9 Å². The molecule has 1 atom stereocenters. The maximum Gasteiger partial charge on any atom is 0.320 e. The van der Waals surface area contributed by atoms with Crippen LogP contribution in [0.2, 0.25) is 0 Å². The molecule has 2 N–H and O–H groups in total. The number of aliphatic carboxylic acids is 1. The van der Waals surface area contributed by atoms with Crippen LogP contribution in [0.15, 0.2) is 54.6 Å². The Hall–Kier alpha value is -1.98. The molecule has 5 heteroatoms. The Kier molecular flexibility index (Phi) is 7.65. The van der Waals surface area contributed by atoms with Crippen LogP contribution in [-0.4, -0.2) is 29.1 Å². The molecule has 0 aliphatic heterocycles. The van der Waals surface area contributed by atoms with Crippen LogP contribution in [0.4, 0.5) is 0 Å². The number of rotatable bonds is 10. The van der Waals surface area contributed by atoms with Crippen molar-refractivity contribution >= 4 is 17.7 Å². The monoisotopic (exact) mass is 345 g/mol. The first-order valence-corrected chi connectivity index (χ1v) is 9.29. The lowest BCUT2D eigenvalue weighted by Gasteiger charge is -2.14. The highest BCUT2D eigenvalue weighted by Gasteiger charge is 2.15. The third-order valence-electron chi connectivity index (χ3n) is 3.61. The molecule has 0 unspecified atom stereocenters. The zero-order valence-electron chi connectivity index (χ0n) is 13.8. The van der Waals surface area contributed by atoms with Crippen molar-refractivity contribution in [1.29, 1.82) is 0 Å². The van der Waals surface area contributed by atoms with E-state index in [2.05, 4.69) is 5.32 Å². The van der Waals surface area contributed by atoms with Crippen LogP contribution >= 0.6 is 11.8 Å². The average molecular weight is 345 g/mol. The van der Waals surface area contributed by atoms with Crippen molar-refractivity contribution in [3.8, 4) is 5.75 Å². The van der Waals surface area contributed by atoms with E-state index in [0.29, 0.717) is 19.6 Å². The Bertz CT molecular complexity index is 634. The van der Waals surface area contributed by atoms with Crippen molar-refractivity contribution in [2.75, 3.05) is 12.0 Å². The Labute approximate surface area is 147 Å². The van der Waals surface area contributed by atoms with Gasteiger partial charge in [0.25, 0.3) is 0 Å². The van der Waals surface area contributed by atoms with Gasteiger partial charge in [-0.25, -0.2) is 0 Å². The highest BCUT2D eigenvalue weighted by Crippen LogP contribution is 2.15. The van der Waals surface area contributed by atoms with Gasteiger partial charge in [-0.1, -0.05) is 42.5 Å². The fraction of sp³-hybridized carbons (Fsp3) is 0.316. The number of thioether (sulfide) groups is 1. The van der Waals surface area contributed by atoms with Crippen LogP contribution in [0.3, 0.4) is 0 Å².